The molecule has 8 heteroatoms. The van der Waals surface area contributed by atoms with Crippen molar-refractivity contribution in [3.63, 3.8) is 0 Å². The molecule has 0 aliphatic rings. The van der Waals surface area contributed by atoms with Crippen LogP contribution in [0.15, 0.2) is 60.8 Å². The lowest BCUT2D eigenvalue weighted by Crippen LogP contribution is -2.18. The van der Waals surface area contributed by atoms with Gasteiger partial charge in [-0.25, -0.2) is 9.48 Å². The maximum absolute atomic E-state index is 12.9. The molecule has 2 heterocycles. The van der Waals surface area contributed by atoms with Gasteiger partial charge in [0, 0.05) is 5.39 Å². The van der Waals surface area contributed by atoms with Crippen molar-refractivity contribution in [1.82, 2.24) is 14.8 Å². The van der Waals surface area contributed by atoms with Crippen LogP contribution in [0, 0.1) is 0 Å². The SMILES string of the molecule is CCOC(=O)c1cnn(-c2ccccc2)c1NC(=O)c1cc2cccc(Cl)c2[nH]1. The Hall–Kier alpha value is -3.58. The molecule has 0 unspecified atom stereocenters. The van der Waals surface area contributed by atoms with E-state index in [2.05, 4.69) is 15.4 Å². The quantitative estimate of drug-likeness (QED) is 0.478. The van der Waals surface area contributed by atoms with Crippen molar-refractivity contribution in [3.05, 3.63) is 77.1 Å². The fourth-order valence-electron chi connectivity index (χ4n) is 3.01. The molecule has 29 heavy (non-hydrogen) atoms. The van der Waals surface area contributed by atoms with Gasteiger partial charge in [-0.1, -0.05) is 41.9 Å². The summed E-state index contributed by atoms with van der Waals surface area (Å²) in [5.74, 6) is -0.769. The number of amides is 1. The number of aromatic amines is 1. The minimum atomic E-state index is -0.565. The van der Waals surface area contributed by atoms with E-state index >= 15 is 0 Å². The van der Waals surface area contributed by atoms with Crippen molar-refractivity contribution in [2.75, 3.05) is 11.9 Å². The number of carbonyl (C=O) groups excluding carboxylic acids is 2. The van der Waals surface area contributed by atoms with Gasteiger partial charge in [-0.3, -0.25) is 4.79 Å². The number of esters is 1. The first-order chi connectivity index (χ1) is 14.1. The average Bonchev–Trinajstić information content (AvgIpc) is 3.34. The van der Waals surface area contributed by atoms with Gasteiger partial charge in [-0.15, -0.1) is 0 Å². The first-order valence-corrected chi connectivity index (χ1v) is 9.35. The maximum atomic E-state index is 12.9. The van der Waals surface area contributed by atoms with Crippen molar-refractivity contribution >= 4 is 40.2 Å². The fraction of sp³-hybridized carbons (Fsp3) is 0.0952. The van der Waals surface area contributed by atoms with Crippen molar-refractivity contribution in [2.24, 2.45) is 0 Å². The maximum Gasteiger partial charge on any atom is 0.343 e. The average molecular weight is 409 g/mol. The lowest BCUT2D eigenvalue weighted by Gasteiger charge is -2.10. The fourth-order valence-corrected chi connectivity index (χ4v) is 3.24. The van der Waals surface area contributed by atoms with Gasteiger partial charge in [-0.2, -0.15) is 5.10 Å². The Labute approximate surface area is 171 Å². The first-order valence-electron chi connectivity index (χ1n) is 8.97. The number of halogens is 1. The standard InChI is InChI=1S/C21H17ClN4O3/c1-2-29-21(28)15-12-23-26(14-8-4-3-5-9-14)19(15)25-20(27)17-11-13-7-6-10-16(22)18(13)24-17/h3-12,24H,2H2,1H3,(H,25,27). The Kier molecular flexibility index (Phi) is 5.05. The zero-order valence-electron chi connectivity index (χ0n) is 15.5. The number of anilines is 1. The van der Waals surface area contributed by atoms with Gasteiger partial charge >= 0.3 is 5.97 Å². The number of nitrogens with zero attached hydrogens (tertiary/aromatic N) is 2. The molecule has 0 saturated carbocycles. The summed E-state index contributed by atoms with van der Waals surface area (Å²) >= 11 is 6.19. The highest BCUT2D eigenvalue weighted by molar-refractivity contribution is 6.35. The van der Waals surface area contributed by atoms with E-state index in [1.54, 1.807) is 19.1 Å². The minimum Gasteiger partial charge on any atom is -0.462 e. The van der Waals surface area contributed by atoms with E-state index in [-0.39, 0.29) is 18.0 Å². The minimum absolute atomic E-state index is 0.165. The summed E-state index contributed by atoms with van der Waals surface area (Å²) in [4.78, 5) is 28.3. The largest absolute Gasteiger partial charge is 0.462 e. The van der Waals surface area contributed by atoms with Crippen LogP contribution >= 0.6 is 11.6 Å². The summed E-state index contributed by atoms with van der Waals surface area (Å²) in [5.41, 5.74) is 1.83. The molecule has 4 rings (SSSR count). The van der Waals surface area contributed by atoms with E-state index in [4.69, 9.17) is 16.3 Å². The van der Waals surface area contributed by atoms with E-state index in [0.29, 0.717) is 21.9 Å². The number of carbonyl (C=O) groups is 2. The van der Waals surface area contributed by atoms with Crippen LogP contribution in [0.25, 0.3) is 16.6 Å². The van der Waals surface area contributed by atoms with Crippen molar-refractivity contribution in [1.29, 1.82) is 0 Å². The summed E-state index contributed by atoms with van der Waals surface area (Å²) in [7, 11) is 0. The van der Waals surface area contributed by atoms with Gasteiger partial charge in [0.1, 0.15) is 11.3 Å². The number of aromatic nitrogens is 3. The zero-order valence-corrected chi connectivity index (χ0v) is 16.2. The second-order valence-electron chi connectivity index (χ2n) is 6.22. The molecule has 0 radical (unpaired) electrons. The van der Waals surface area contributed by atoms with Crippen molar-refractivity contribution in [2.45, 2.75) is 6.92 Å². The Morgan fingerprint density at radius 1 is 1.17 bits per heavy atom. The van der Waals surface area contributed by atoms with Gasteiger partial charge in [0.25, 0.3) is 5.91 Å². The van der Waals surface area contributed by atoms with E-state index in [1.165, 1.54) is 10.9 Å². The molecule has 1 amide bonds. The highest BCUT2D eigenvalue weighted by Gasteiger charge is 2.22. The molecule has 0 aliphatic heterocycles. The summed E-state index contributed by atoms with van der Waals surface area (Å²) in [5, 5.41) is 8.37. The summed E-state index contributed by atoms with van der Waals surface area (Å²) in [6.45, 7) is 1.93. The van der Waals surface area contributed by atoms with Crippen LogP contribution in [0.5, 0.6) is 0 Å². The van der Waals surface area contributed by atoms with Crippen molar-refractivity contribution < 1.29 is 14.3 Å². The van der Waals surface area contributed by atoms with Crippen molar-refractivity contribution in [3.8, 4) is 5.69 Å². The Balaban J connectivity index is 1.74. The lowest BCUT2D eigenvalue weighted by atomic mass is 10.2. The van der Waals surface area contributed by atoms with Crippen LogP contribution in [-0.4, -0.2) is 33.2 Å². The third kappa shape index (κ3) is 3.60. The third-order valence-electron chi connectivity index (χ3n) is 4.35. The van der Waals surface area contributed by atoms with Gasteiger partial charge in [0.15, 0.2) is 5.82 Å². The number of H-pyrrole nitrogens is 1. The summed E-state index contributed by atoms with van der Waals surface area (Å²) in [6.07, 6.45) is 1.38. The molecule has 7 nitrogen and oxygen atoms in total. The topological polar surface area (TPSA) is 89.0 Å². The molecule has 0 saturated heterocycles. The molecular weight excluding hydrogens is 392 g/mol. The number of hydrogen-bond acceptors (Lipinski definition) is 4. The van der Waals surface area contributed by atoms with E-state index in [0.717, 1.165) is 5.39 Å². The molecule has 2 aromatic carbocycles. The number of ether oxygens (including phenoxy) is 1. The lowest BCUT2D eigenvalue weighted by molar-refractivity contribution is 0.0527. The molecule has 2 aromatic heterocycles. The van der Waals surface area contributed by atoms with E-state index < -0.39 is 11.9 Å². The van der Waals surface area contributed by atoms with Gasteiger partial charge in [0.2, 0.25) is 0 Å². The van der Waals surface area contributed by atoms with Crippen LogP contribution in [-0.2, 0) is 4.74 Å². The number of hydrogen-bond donors (Lipinski definition) is 2. The molecule has 4 aromatic rings. The highest BCUT2D eigenvalue weighted by atomic mass is 35.5. The third-order valence-corrected chi connectivity index (χ3v) is 4.66. The smallest absolute Gasteiger partial charge is 0.343 e. The van der Waals surface area contributed by atoms with Crippen LogP contribution in [0.2, 0.25) is 5.02 Å². The number of nitrogens with one attached hydrogen (secondary N) is 2. The normalized spacial score (nSPS) is 10.8. The number of para-hydroxylation sites is 2. The molecule has 0 bridgehead atoms. The molecule has 0 aliphatic carbocycles. The Morgan fingerprint density at radius 3 is 2.69 bits per heavy atom. The number of fused-ring (bicyclic) bond motifs is 1. The Bertz CT molecular complexity index is 1200. The van der Waals surface area contributed by atoms with Crippen LogP contribution in [0.3, 0.4) is 0 Å². The second kappa shape index (κ2) is 7.81. The summed E-state index contributed by atoms with van der Waals surface area (Å²) < 4.78 is 6.59. The predicted molar refractivity (Wildman–Crippen MR) is 111 cm³/mol. The predicted octanol–water partition coefficient (Wildman–Crippen LogP) is 4.44. The monoisotopic (exact) mass is 408 g/mol. The molecule has 0 fully saturated rings. The molecule has 0 spiro atoms. The van der Waals surface area contributed by atoms with Crippen LogP contribution < -0.4 is 5.32 Å². The molecule has 146 valence electrons. The van der Waals surface area contributed by atoms with E-state index in [1.807, 2.05) is 42.5 Å². The number of rotatable bonds is 5. The first kappa shape index (κ1) is 18.8. The molecular formula is C21H17ClN4O3. The van der Waals surface area contributed by atoms with E-state index in [9.17, 15) is 9.59 Å². The van der Waals surface area contributed by atoms with Gasteiger partial charge < -0.3 is 15.0 Å². The number of benzene rings is 2. The summed E-state index contributed by atoms with van der Waals surface area (Å²) in [6, 6.07) is 16.3. The molecule has 2 N–H and O–H groups in total. The van der Waals surface area contributed by atoms with Gasteiger partial charge in [0.05, 0.1) is 29.0 Å². The Morgan fingerprint density at radius 2 is 1.97 bits per heavy atom. The second-order valence-corrected chi connectivity index (χ2v) is 6.62. The van der Waals surface area contributed by atoms with Gasteiger partial charge in [-0.05, 0) is 31.2 Å². The zero-order chi connectivity index (χ0) is 20.4. The van der Waals surface area contributed by atoms with Crippen LogP contribution in [0.1, 0.15) is 27.8 Å². The highest BCUT2D eigenvalue weighted by Crippen LogP contribution is 2.25. The molecule has 0 atom stereocenters. The van der Waals surface area contributed by atoms with Crippen LogP contribution in [0.4, 0.5) is 5.82 Å².